The van der Waals surface area contributed by atoms with Crippen molar-refractivity contribution in [3.05, 3.63) is 0 Å². The molecule has 0 heterocycles. The van der Waals surface area contributed by atoms with Gasteiger partial charge in [-0.1, -0.05) is 13.8 Å². The zero-order valence-electron chi connectivity index (χ0n) is 9.23. The van der Waals surface area contributed by atoms with Gasteiger partial charge >= 0.3 is 0 Å². The molecule has 0 atom stereocenters. The van der Waals surface area contributed by atoms with Gasteiger partial charge in [0.05, 0.1) is 0 Å². The van der Waals surface area contributed by atoms with Crippen LogP contribution in [0.4, 0.5) is 0 Å². The number of carbonyl (C=O) groups excluding carboxylic acids is 1. The Kier molecular flexibility index (Phi) is 8.00. The molecule has 0 aliphatic carbocycles. The van der Waals surface area contributed by atoms with Gasteiger partial charge in [-0.3, -0.25) is 0 Å². The molecule has 13 heavy (non-hydrogen) atoms. The van der Waals surface area contributed by atoms with E-state index in [0.717, 1.165) is 31.8 Å². The highest BCUT2D eigenvalue weighted by Crippen LogP contribution is 2.01. The average molecular weight is 185 g/mol. The van der Waals surface area contributed by atoms with Gasteiger partial charge in [0.1, 0.15) is 5.78 Å². The molecule has 0 spiro atoms. The molecule has 0 fully saturated rings. The highest BCUT2D eigenvalue weighted by atomic mass is 16.1. The van der Waals surface area contributed by atoms with Gasteiger partial charge in [0.2, 0.25) is 0 Å². The van der Waals surface area contributed by atoms with E-state index in [4.69, 9.17) is 0 Å². The Bertz CT molecular complexity index is 132. The van der Waals surface area contributed by atoms with Gasteiger partial charge in [0.15, 0.2) is 0 Å². The number of carbonyl (C=O) groups is 1. The summed E-state index contributed by atoms with van der Waals surface area (Å²) in [4.78, 5) is 10.6. The monoisotopic (exact) mass is 185 g/mol. The van der Waals surface area contributed by atoms with Crippen LogP contribution in [0.2, 0.25) is 0 Å². The summed E-state index contributed by atoms with van der Waals surface area (Å²) >= 11 is 0. The highest BCUT2D eigenvalue weighted by molar-refractivity contribution is 5.75. The van der Waals surface area contributed by atoms with Crippen LogP contribution < -0.4 is 5.32 Å². The van der Waals surface area contributed by atoms with Crippen LogP contribution in [-0.2, 0) is 4.79 Å². The molecule has 78 valence electrons. The van der Waals surface area contributed by atoms with E-state index in [1.165, 1.54) is 12.8 Å². The standard InChI is InChI=1S/C11H23NO/c1-10(2)6-4-8-12-9-5-7-11(3)13/h10,12H,4-9H2,1-3H3. The molecular formula is C11H23NO. The maximum Gasteiger partial charge on any atom is 0.129 e. The van der Waals surface area contributed by atoms with Gasteiger partial charge in [-0.05, 0) is 45.2 Å². The quantitative estimate of drug-likeness (QED) is 0.588. The van der Waals surface area contributed by atoms with Gasteiger partial charge in [0.25, 0.3) is 0 Å². The van der Waals surface area contributed by atoms with Crippen LogP contribution >= 0.6 is 0 Å². The molecule has 0 aliphatic heterocycles. The van der Waals surface area contributed by atoms with Crippen LogP contribution in [0.5, 0.6) is 0 Å². The van der Waals surface area contributed by atoms with Gasteiger partial charge in [-0.2, -0.15) is 0 Å². The van der Waals surface area contributed by atoms with Crippen molar-refractivity contribution in [3.63, 3.8) is 0 Å². The normalized spacial score (nSPS) is 10.8. The fourth-order valence-corrected chi connectivity index (χ4v) is 1.22. The zero-order chi connectivity index (χ0) is 10.1. The third kappa shape index (κ3) is 11.6. The van der Waals surface area contributed by atoms with Crippen molar-refractivity contribution in [2.75, 3.05) is 13.1 Å². The lowest BCUT2D eigenvalue weighted by Gasteiger charge is -2.05. The Morgan fingerprint density at radius 2 is 1.85 bits per heavy atom. The second-order valence-electron chi connectivity index (χ2n) is 4.09. The lowest BCUT2D eigenvalue weighted by atomic mass is 10.1. The number of rotatable bonds is 8. The van der Waals surface area contributed by atoms with Crippen LogP contribution in [0.15, 0.2) is 0 Å². The first-order chi connectivity index (χ1) is 6.13. The number of hydrogen-bond donors (Lipinski definition) is 1. The molecule has 0 aliphatic rings. The summed E-state index contributed by atoms with van der Waals surface area (Å²) in [6, 6.07) is 0. The molecule has 0 rings (SSSR count). The van der Waals surface area contributed by atoms with E-state index >= 15 is 0 Å². The highest BCUT2D eigenvalue weighted by Gasteiger charge is 1.94. The molecule has 2 nitrogen and oxygen atoms in total. The van der Waals surface area contributed by atoms with Crippen molar-refractivity contribution in [1.29, 1.82) is 0 Å². The van der Waals surface area contributed by atoms with E-state index in [-0.39, 0.29) is 0 Å². The van der Waals surface area contributed by atoms with E-state index in [0.29, 0.717) is 5.78 Å². The fraction of sp³-hybridized carbons (Fsp3) is 0.909. The van der Waals surface area contributed by atoms with Crippen molar-refractivity contribution in [3.8, 4) is 0 Å². The predicted octanol–water partition coefficient (Wildman–Crippen LogP) is 2.38. The Morgan fingerprint density at radius 3 is 2.38 bits per heavy atom. The summed E-state index contributed by atoms with van der Waals surface area (Å²) in [6.07, 6.45) is 4.24. The largest absolute Gasteiger partial charge is 0.317 e. The summed E-state index contributed by atoms with van der Waals surface area (Å²) in [5, 5.41) is 3.34. The van der Waals surface area contributed by atoms with Crippen LogP contribution in [0, 0.1) is 5.92 Å². The number of nitrogens with one attached hydrogen (secondary N) is 1. The Morgan fingerprint density at radius 1 is 1.23 bits per heavy atom. The van der Waals surface area contributed by atoms with Crippen molar-refractivity contribution in [1.82, 2.24) is 5.32 Å². The van der Waals surface area contributed by atoms with Crippen molar-refractivity contribution in [2.45, 2.75) is 46.5 Å². The van der Waals surface area contributed by atoms with E-state index in [9.17, 15) is 4.79 Å². The molecule has 0 aromatic carbocycles. The van der Waals surface area contributed by atoms with Crippen molar-refractivity contribution < 1.29 is 4.79 Å². The van der Waals surface area contributed by atoms with E-state index in [2.05, 4.69) is 19.2 Å². The molecule has 1 N–H and O–H groups in total. The van der Waals surface area contributed by atoms with Crippen molar-refractivity contribution in [2.24, 2.45) is 5.92 Å². The molecular weight excluding hydrogens is 162 g/mol. The first kappa shape index (κ1) is 12.6. The molecule has 0 saturated heterocycles. The van der Waals surface area contributed by atoms with E-state index in [1.54, 1.807) is 6.92 Å². The topological polar surface area (TPSA) is 29.1 Å². The molecule has 0 bridgehead atoms. The minimum atomic E-state index is 0.295. The third-order valence-electron chi connectivity index (χ3n) is 2.02. The average Bonchev–Trinajstić information content (AvgIpc) is 2.01. The van der Waals surface area contributed by atoms with Crippen LogP contribution in [0.1, 0.15) is 46.5 Å². The van der Waals surface area contributed by atoms with Crippen LogP contribution in [0.25, 0.3) is 0 Å². The number of ketones is 1. The SMILES string of the molecule is CC(=O)CCCNCCCC(C)C. The summed E-state index contributed by atoms with van der Waals surface area (Å²) in [5.74, 6) is 1.10. The van der Waals surface area contributed by atoms with E-state index < -0.39 is 0 Å². The lowest BCUT2D eigenvalue weighted by Crippen LogP contribution is -2.17. The Hall–Kier alpha value is -0.370. The number of hydrogen-bond acceptors (Lipinski definition) is 2. The number of Topliss-reactive ketones (excluding diaryl/α,β-unsaturated/α-hetero) is 1. The third-order valence-corrected chi connectivity index (χ3v) is 2.02. The first-order valence-corrected chi connectivity index (χ1v) is 5.33. The lowest BCUT2D eigenvalue weighted by molar-refractivity contribution is -0.117. The summed E-state index contributed by atoms with van der Waals surface area (Å²) in [6.45, 7) is 8.22. The molecule has 0 unspecified atom stereocenters. The second kappa shape index (κ2) is 8.24. The summed E-state index contributed by atoms with van der Waals surface area (Å²) in [5.41, 5.74) is 0. The molecule has 0 amide bonds. The Labute approximate surface area is 82.1 Å². The first-order valence-electron chi connectivity index (χ1n) is 5.33. The van der Waals surface area contributed by atoms with Gasteiger partial charge < -0.3 is 10.1 Å². The zero-order valence-corrected chi connectivity index (χ0v) is 9.23. The van der Waals surface area contributed by atoms with Gasteiger partial charge in [-0.25, -0.2) is 0 Å². The van der Waals surface area contributed by atoms with E-state index in [1.807, 2.05) is 0 Å². The second-order valence-corrected chi connectivity index (χ2v) is 4.09. The minimum absolute atomic E-state index is 0.295. The molecule has 0 aromatic heterocycles. The smallest absolute Gasteiger partial charge is 0.129 e. The maximum atomic E-state index is 10.6. The maximum absolute atomic E-state index is 10.6. The fourth-order valence-electron chi connectivity index (χ4n) is 1.22. The minimum Gasteiger partial charge on any atom is -0.317 e. The summed E-state index contributed by atoms with van der Waals surface area (Å²) < 4.78 is 0. The molecule has 2 heteroatoms. The van der Waals surface area contributed by atoms with Crippen LogP contribution in [0.3, 0.4) is 0 Å². The molecule has 0 aromatic rings. The molecule has 0 saturated carbocycles. The van der Waals surface area contributed by atoms with Gasteiger partial charge in [0, 0.05) is 6.42 Å². The Balaban J connectivity index is 2.96. The summed E-state index contributed by atoms with van der Waals surface area (Å²) in [7, 11) is 0. The van der Waals surface area contributed by atoms with Crippen LogP contribution in [-0.4, -0.2) is 18.9 Å². The van der Waals surface area contributed by atoms with Gasteiger partial charge in [-0.15, -0.1) is 0 Å². The predicted molar refractivity (Wildman–Crippen MR) is 56.9 cm³/mol. The van der Waals surface area contributed by atoms with Crippen molar-refractivity contribution >= 4 is 5.78 Å². The molecule has 0 radical (unpaired) electrons.